The lowest BCUT2D eigenvalue weighted by molar-refractivity contribution is -0.116. The Labute approximate surface area is 114 Å². The molecule has 0 heterocycles. The van der Waals surface area contributed by atoms with E-state index in [9.17, 15) is 4.79 Å². The van der Waals surface area contributed by atoms with Gasteiger partial charge in [0.05, 0.1) is 19.8 Å². The average molecular weight is 263 g/mol. The van der Waals surface area contributed by atoms with E-state index in [1.165, 1.54) is 11.6 Å². The molecular weight excluding hydrogens is 242 g/mol. The standard InChI is InChI=1S/C15H21NO3/c1-2-13-3-5-14(6-4-13)7-8-15(18)16-9-11-19-12-10-17/h3-8,17H,2,9-12H2,1H3,(H,16,18). The minimum Gasteiger partial charge on any atom is -0.394 e. The van der Waals surface area contributed by atoms with Gasteiger partial charge in [0.15, 0.2) is 0 Å². The lowest BCUT2D eigenvalue weighted by Crippen LogP contribution is -2.25. The average Bonchev–Trinajstić information content (AvgIpc) is 2.45. The molecular formula is C15H21NO3. The molecule has 0 radical (unpaired) electrons. The third-order valence-corrected chi connectivity index (χ3v) is 2.60. The number of amides is 1. The van der Waals surface area contributed by atoms with Crippen LogP contribution in [0.4, 0.5) is 0 Å². The van der Waals surface area contributed by atoms with Crippen LogP contribution in [-0.2, 0) is 16.0 Å². The highest BCUT2D eigenvalue weighted by Crippen LogP contribution is 2.06. The maximum Gasteiger partial charge on any atom is 0.244 e. The highest BCUT2D eigenvalue weighted by Gasteiger charge is 1.95. The molecule has 0 spiro atoms. The summed E-state index contributed by atoms with van der Waals surface area (Å²) in [6.45, 7) is 3.26. The van der Waals surface area contributed by atoms with Crippen molar-refractivity contribution in [3.8, 4) is 0 Å². The zero-order valence-electron chi connectivity index (χ0n) is 11.3. The number of aryl methyl sites for hydroxylation is 1. The fraction of sp³-hybridized carbons (Fsp3) is 0.400. The van der Waals surface area contributed by atoms with Gasteiger partial charge in [-0.3, -0.25) is 4.79 Å². The fourth-order valence-corrected chi connectivity index (χ4v) is 1.51. The highest BCUT2D eigenvalue weighted by molar-refractivity contribution is 5.91. The Hall–Kier alpha value is -1.65. The SMILES string of the molecule is CCc1ccc(C=CC(=O)NCCOCCO)cc1. The molecule has 19 heavy (non-hydrogen) atoms. The Morgan fingerprint density at radius 1 is 1.32 bits per heavy atom. The molecule has 0 aliphatic rings. The minimum atomic E-state index is -0.146. The first-order valence-corrected chi connectivity index (χ1v) is 6.49. The van der Waals surface area contributed by atoms with Crippen molar-refractivity contribution in [1.82, 2.24) is 5.32 Å². The molecule has 0 atom stereocenters. The van der Waals surface area contributed by atoms with Crippen molar-refractivity contribution in [3.63, 3.8) is 0 Å². The third kappa shape index (κ3) is 6.74. The molecule has 1 aromatic carbocycles. The van der Waals surface area contributed by atoms with Crippen molar-refractivity contribution >= 4 is 12.0 Å². The van der Waals surface area contributed by atoms with E-state index in [0.29, 0.717) is 19.8 Å². The van der Waals surface area contributed by atoms with Crippen LogP contribution in [0.1, 0.15) is 18.1 Å². The lowest BCUT2D eigenvalue weighted by Gasteiger charge is -2.02. The van der Waals surface area contributed by atoms with Gasteiger partial charge < -0.3 is 15.2 Å². The number of carbonyl (C=O) groups excluding carboxylic acids is 1. The van der Waals surface area contributed by atoms with Gasteiger partial charge in [-0.2, -0.15) is 0 Å². The van der Waals surface area contributed by atoms with E-state index in [4.69, 9.17) is 9.84 Å². The topological polar surface area (TPSA) is 58.6 Å². The monoisotopic (exact) mass is 263 g/mol. The molecule has 4 nitrogen and oxygen atoms in total. The number of hydrogen-bond acceptors (Lipinski definition) is 3. The van der Waals surface area contributed by atoms with E-state index in [2.05, 4.69) is 24.4 Å². The number of ether oxygens (including phenoxy) is 1. The van der Waals surface area contributed by atoms with Gasteiger partial charge in [-0.25, -0.2) is 0 Å². The summed E-state index contributed by atoms with van der Waals surface area (Å²) >= 11 is 0. The Morgan fingerprint density at radius 3 is 2.68 bits per heavy atom. The van der Waals surface area contributed by atoms with E-state index in [1.807, 2.05) is 12.1 Å². The van der Waals surface area contributed by atoms with Crippen LogP contribution < -0.4 is 5.32 Å². The van der Waals surface area contributed by atoms with Crippen molar-refractivity contribution in [2.45, 2.75) is 13.3 Å². The second-order valence-electron chi connectivity index (χ2n) is 4.06. The first-order valence-electron chi connectivity index (χ1n) is 6.49. The quantitative estimate of drug-likeness (QED) is 0.550. The van der Waals surface area contributed by atoms with Crippen LogP contribution >= 0.6 is 0 Å². The Kier molecular flexibility index (Phi) is 7.54. The van der Waals surface area contributed by atoms with Gasteiger partial charge >= 0.3 is 0 Å². The molecule has 4 heteroatoms. The predicted molar refractivity (Wildman–Crippen MR) is 75.8 cm³/mol. The van der Waals surface area contributed by atoms with E-state index >= 15 is 0 Å². The number of aliphatic hydroxyl groups is 1. The molecule has 104 valence electrons. The van der Waals surface area contributed by atoms with Gasteiger partial charge in [-0.1, -0.05) is 31.2 Å². The minimum absolute atomic E-state index is 0.00159. The lowest BCUT2D eigenvalue weighted by atomic mass is 10.1. The summed E-state index contributed by atoms with van der Waals surface area (Å²) in [6.07, 6.45) is 4.30. The Balaban J connectivity index is 2.28. The van der Waals surface area contributed by atoms with Crippen LogP contribution in [-0.4, -0.2) is 37.4 Å². The zero-order chi connectivity index (χ0) is 13.9. The van der Waals surface area contributed by atoms with Crippen LogP contribution in [0.25, 0.3) is 6.08 Å². The van der Waals surface area contributed by atoms with Gasteiger partial charge in [0.2, 0.25) is 5.91 Å². The molecule has 2 N–H and O–H groups in total. The number of aliphatic hydroxyl groups excluding tert-OH is 1. The molecule has 1 aromatic rings. The summed E-state index contributed by atoms with van der Waals surface area (Å²) in [5.74, 6) is -0.146. The van der Waals surface area contributed by atoms with Crippen molar-refractivity contribution in [2.24, 2.45) is 0 Å². The van der Waals surface area contributed by atoms with Gasteiger partial charge in [-0.05, 0) is 23.6 Å². The maximum absolute atomic E-state index is 11.5. The second-order valence-corrected chi connectivity index (χ2v) is 4.06. The molecule has 0 saturated carbocycles. The Bertz CT molecular complexity index is 398. The molecule has 0 fully saturated rings. The summed E-state index contributed by atoms with van der Waals surface area (Å²) in [6, 6.07) is 8.10. The molecule has 1 amide bonds. The number of rotatable bonds is 8. The van der Waals surface area contributed by atoms with E-state index < -0.39 is 0 Å². The summed E-state index contributed by atoms with van der Waals surface area (Å²) in [7, 11) is 0. The zero-order valence-corrected chi connectivity index (χ0v) is 11.3. The van der Waals surface area contributed by atoms with Crippen molar-refractivity contribution < 1.29 is 14.6 Å². The van der Waals surface area contributed by atoms with Crippen LogP contribution in [0.15, 0.2) is 30.3 Å². The van der Waals surface area contributed by atoms with Gasteiger partial charge in [0.25, 0.3) is 0 Å². The molecule has 0 aliphatic carbocycles. The van der Waals surface area contributed by atoms with E-state index in [-0.39, 0.29) is 12.5 Å². The van der Waals surface area contributed by atoms with Crippen molar-refractivity contribution in [3.05, 3.63) is 41.5 Å². The largest absolute Gasteiger partial charge is 0.394 e. The molecule has 0 aliphatic heterocycles. The molecule has 0 bridgehead atoms. The predicted octanol–water partition coefficient (Wildman–Crippen LogP) is 1.39. The normalized spacial score (nSPS) is 10.8. The van der Waals surface area contributed by atoms with E-state index in [0.717, 1.165) is 12.0 Å². The third-order valence-electron chi connectivity index (χ3n) is 2.60. The van der Waals surface area contributed by atoms with Crippen molar-refractivity contribution in [1.29, 1.82) is 0 Å². The Morgan fingerprint density at radius 2 is 2.05 bits per heavy atom. The van der Waals surface area contributed by atoms with Crippen LogP contribution in [0.2, 0.25) is 0 Å². The summed E-state index contributed by atoms with van der Waals surface area (Å²) in [4.78, 5) is 11.5. The summed E-state index contributed by atoms with van der Waals surface area (Å²) in [5, 5.41) is 11.2. The summed E-state index contributed by atoms with van der Waals surface area (Å²) in [5.41, 5.74) is 2.28. The van der Waals surface area contributed by atoms with Crippen molar-refractivity contribution in [2.75, 3.05) is 26.4 Å². The first kappa shape index (κ1) is 15.4. The van der Waals surface area contributed by atoms with Gasteiger partial charge in [-0.15, -0.1) is 0 Å². The van der Waals surface area contributed by atoms with Gasteiger partial charge in [0.1, 0.15) is 0 Å². The second kappa shape index (κ2) is 9.30. The molecule has 0 saturated heterocycles. The molecule has 1 rings (SSSR count). The smallest absolute Gasteiger partial charge is 0.244 e. The fourth-order valence-electron chi connectivity index (χ4n) is 1.51. The maximum atomic E-state index is 11.5. The molecule has 0 unspecified atom stereocenters. The van der Waals surface area contributed by atoms with Crippen LogP contribution in [0.5, 0.6) is 0 Å². The molecule has 0 aromatic heterocycles. The van der Waals surface area contributed by atoms with E-state index in [1.54, 1.807) is 6.08 Å². The summed E-state index contributed by atoms with van der Waals surface area (Å²) < 4.78 is 5.03. The number of nitrogens with one attached hydrogen (secondary N) is 1. The van der Waals surface area contributed by atoms with Crippen LogP contribution in [0.3, 0.4) is 0 Å². The number of carbonyl (C=O) groups is 1. The number of hydrogen-bond donors (Lipinski definition) is 2. The highest BCUT2D eigenvalue weighted by atomic mass is 16.5. The number of benzene rings is 1. The van der Waals surface area contributed by atoms with Gasteiger partial charge in [0, 0.05) is 12.6 Å². The first-order chi connectivity index (χ1) is 9.26. The van der Waals surface area contributed by atoms with Crippen LogP contribution in [0, 0.1) is 0 Å².